The zero-order chi connectivity index (χ0) is 19.8. The highest BCUT2D eigenvalue weighted by atomic mass is 35.5. The summed E-state index contributed by atoms with van der Waals surface area (Å²) in [6.07, 6.45) is 1.78. The van der Waals surface area contributed by atoms with E-state index in [9.17, 15) is 4.79 Å². The third-order valence-corrected chi connectivity index (χ3v) is 5.40. The Bertz CT molecular complexity index is 1020. The van der Waals surface area contributed by atoms with Gasteiger partial charge in [-0.15, -0.1) is 24.8 Å². The van der Waals surface area contributed by atoms with Gasteiger partial charge in [0, 0.05) is 37.3 Å². The summed E-state index contributed by atoms with van der Waals surface area (Å²) in [7, 11) is 0. The first kappa shape index (κ1) is 24.1. The summed E-state index contributed by atoms with van der Waals surface area (Å²) in [4.78, 5) is 20.3. The van der Waals surface area contributed by atoms with Crippen LogP contribution in [0.2, 0.25) is 0 Å². The molecule has 0 aliphatic carbocycles. The lowest BCUT2D eigenvalue weighted by atomic mass is 10.0. The molecule has 4 rings (SSSR count). The van der Waals surface area contributed by atoms with Gasteiger partial charge in [0.25, 0.3) is 5.91 Å². The van der Waals surface area contributed by atoms with E-state index in [1.54, 1.807) is 6.20 Å². The van der Waals surface area contributed by atoms with E-state index in [1.807, 2.05) is 15.6 Å². The molecular formula is C22H29Cl2N5O. The van der Waals surface area contributed by atoms with Crippen LogP contribution >= 0.6 is 24.8 Å². The van der Waals surface area contributed by atoms with E-state index in [0.717, 1.165) is 35.4 Å². The van der Waals surface area contributed by atoms with Gasteiger partial charge in [0.2, 0.25) is 0 Å². The molecule has 1 aromatic carbocycles. The molecule has 0 saturated carbocycles. The third-order valence-electron chi connectivity index (χ3n) is 5.40. The number of rotatable bonds is 3. The van der Waals surface area contributed by atoms with Gasteiger partial charge >= 0.3 is 0 Å². The molecule has 1 aliphatic heterocycles. The van der Waals surface area contributed by atoms with E-state index in [-0.39, 0.29) is 42.8 Å². The molecule has 162 valence electrons. The molecule has 30 heavy (non-hydrogen) atoms. The normalized spacial score (nSPS) is 16.3. The van der Waals surface area contributed by atoms with E-state index in [1.165, 1.54) is 5.56 Å². The number of nitrogens with one attached hydrogen (secondary N) is 1. The molecule has 0 bridgehead atoms. The summed E-state index contributed by atoms with van der Waals surface area (Å²) in [6.45, 7) is 10.6. The average molecular weight is 450 g/mol. The van der Waals surface area contributed by atoms with Gasteiger partial charge < -0.3 is 10.2 Å². The lowest BCUT2D eigenvalue weighted by Crippen LogP contribution is -2.52. The summed E-state index contributed by atoms with van der Waals surface area (Å²) in [5.74, 6) is 0.0538. The van der Waals surface area contributed by atoms with Crippen LogP contribution < -0.4 is 5.32 Å². The highest BCUT2D eigenvalue weighted by Crippen LogP contribution is 2.28. The molecular weight excluding hydrogens is 421 g/mol. The molecule has 0 spiro atoms. The molecule has 1 amide bonds. The number of hydrogen-bond acceptors (Lipinski definition) is 4. The molecule has 0 radical (unpaired) electrons. The number of aromatic nitrogens is 3. The van der Waals surface area contributed by atoms with Gasteiger partial charge in [0.1, 0.15) is 0 Å². The van der Waals surface area contributed by atoms with Crippen molar-refractivity contribution in [2.75, 3.05) is 19.6 Å². The molecule has 1 aliphatic rings. The Hall–Kier alpha value is -2.15. The number of benzene rings is 1. The highest BCUT2D eigenvalue weighted by molar-refractivity contribution is 6.06. The minimum absolute atomic E-state index is 0. The third kappa shape index (κ3) is 4.46. The molecule has 1 fully saturated rings. The molecule has 1 N–H and O–H groups in total. The molecule has 1 atom stereocenters. The SMILES string of the molecule is Cc1ccc(-c2cc(C(=O)N3CCNC[C@@H]3C)c3cnn(C(C)C)c3n2)cc1.Cl.Cl. The highest BCUT2D eigenvalue weighted by Gasteiger charge is 2.27. The van der Waals surface area contributed by atoms with E-state index < -0.39 is 0 Å². The summed E-state index contributed by atoms with van der Waals surface area (Å²) in [5, 5.41) is 8.69. The maximum atomic E-state index is 13.5. The average Bonchev–Trinajstić information content (AvgIpc) is 3.12. The van der Waals surface area contributed by atoms with E-state index in [2.05, 4.69) is 62.4 Å². The molecule has 0 unspecified atom stereocenters. The largest absolute Gasteiger partial charge is 0.333 e. The summed E-state index contributed by atoms with van der Waals surface area (Å²) >= 11 is 0. The van der Waals surface area contributed by atoms with Crippen LogP contribution in [0.25, 0.3) is 22.3 Å². The van der Waals surface area contributed by atoms with Crippen LogP contribution in [-0.4, -0.2) is 51.2 Å². The Balaban J connectivity index is 0.00000160. The Morgan fingerprint density at radius 2 is 1.90 bits per heavy atom. The number of hydrogen-bond donors (Lipinski definition) is 1. The van der Waals surface area contributed by atoms with Crippen molar-refractivity contribution in [1.82, 2.24) is 25.0 Å². The van der Waals surface area contributed by atoms with Gasteiger partial charge in [-0.3, -0.25) is 4.79 Å². The van der Waals surface area contributed by atoms with Crippen molar-refractivity contribution in [1.29, 1.82) is 0 Å². The molecule has 2 aromatic heterocycles. The van der Waals surface area contributed by atoms with Crippen LogP contribution in [0.3, 0.4) is 0 Å². The second kappa shape index (κ2) is 9.77. The zero-order valence-corrected chi connectivity index (χ0v) is 19.4. The molecule has 3 heterocycles. The van der Waals surface area contributed by atoms with Gasteiger partial charge in [-0.05, 0) is 33.8 Å². The number of fused-ring (bicyclic) bond motifs is 1. The first-order valence-corrected chi connectivity index (χ1v) is 9.92. The van der Waals surface area contributed by atoms with Crippen molar-refractivity contribution < 1.29 is 4.79 Å². The Morgan fingerprint density at radius 3 is 2.53 bits per heavy atom. The fourth-order valence-corrected chi connectivity index (χ4v) is 3.74. The second-order valence-electron chi connectivity index (χ2n) is 7.89. The first-order valence-electron chi connectivity index (χ1n) is 9.92. The van der Waals surface area contributed by atoms with E-state index in [4.69, 9.17) is 4.98 Å². The van der Waals surface area contributed by atoms with Crippen LogP contribution in [0.5, 0.6) is 0 Å². The lowest BCUT2D eigenvalue weighted by Gasteiger charge is -2.34. The van der Waals surface area contributed by atoms with Gasteiger partial charge in [-0.2, -0.15) is 5.10 Å². The van der Waals surface area contributed by atoms with Gasteiger partial charge in [-0.25, -0.2) is 9.67 Å². The minimum Gasteiger partial charge on any atom is -0.333 e. The van der Waals surface area contributed by atoms with Crippen molar-refractivity contribution in [2.24, 2.45) is 0 Å². The first-order chi connectivity index (χ1) is 13.5. The van der Waals surface area contributed by atoms with E-state index in [0.29, 0.717) is 12.1 Å². The summed E-state index contributed by atoms with van der Waals surface area (Å²) in [5.41, 5.74) is 4.45. The van der Waals surface area contributed by atoms with E-state index >= 15 is 0 Å². The summed E-state index contributed by atoms with van der Waals surface area (Å²) < 4.78 is 1.89. The standard InChI is InChI=1S/C22H27N5O.2ClH/c1-14(2)27-21-19(13-24-27)18(22(28)26-10-9-23-12-16(26)4)11-20(25-21)17-7-5-15(3)6-8-17;;/h5-8,11,13-14,16,23H,9-10,12H2,1-4H3;2*1H/t16-;;/m0../s1. The number of aryl methyl sites for hydroxylation is 1. The maximum Gasteiger partial charge on any atom is 0.255 e. The molecule has 6 nitrogen and oxygen atoms in total. The number of amides is 1. The van der Waals surface area contributed by atoms with Crippen LogP contribution in [0.4, 0.5) is 0 Å². The summed E-state index contributed by atoms with van der Waals surface area (Å²) in [6, 6.07) is 10.5. The monoisotopic (exact) mass is 449 g/mol. The Morgan fingerprint density at radius 1 is 1.20 bits per heavy atom. The number of nitrogens with zero attached hydrogens (tertiary/aromatic N) is 4. The second-order valence-corrected chi connectivity index (χ2v) is 7.89. The molecule has 8 heteroatoms. The predicted octanol–water partition coefficient (Wildman–Crippen LogP) is 4.27. The predicted molar refractivity (Wildman–Crippen MR) is 126 cm³/mol. The fraction of sp³-hybridized carbons (Fsp3) is 0.409. The minimum atomic E-state index is 0. The van der Waals surface area contributed by atoms with Crippen molar-refractivity contribution >= 4 is 41.8 Å². The maximum absolute atomic E-state index is 13.5. The number of carbonyl (C=O) groups excluding carboxylic acids is 1. The topological polar surface area (TPSA) is 63.1 Å². The van der Waals surface area contributed by atoms with Crippen molar-refractivity contribution in [3.8, 4) is 11.3 Å². The van der Waals surface area contributed by atoms with Crippen LogP contribution in [-0.2, 0) is 0 Å². The number of carbonyl (C=O) groups is 1. The van der Waals surface area contributed by atoms with Gasteiger partial charge in [-0.1, -0.05) is 29.8 Å². The van der Waals surface area contributed by atoms with Crippen molar-refractivity contribution in [3.63, 3.8) is 0 Å². The molecule has 3 aromatic rings. The van der Waals surface area contributed by atoms with Gasteiger partial charge in [0.05, 0.1) is 22.8 Å². The number of piperazine rings is 1. The number of pyridine rings is 1. The van der Waals surface area contributed by atoms with Crippen LogP contribution in [0, 0.1) is 6.92 Å². The quantitative estimate of drug-likeness (QED) is 0.648. The Kier molecular flexibility index (Phi) is 7.86. The number of halogens is 2. The van der Waals surface area contributed by atoms with Crippen LogP contribution in [0.1, 0.15) is 42.7 Å². The smallest absolute Gasteiger partial charge is 0.255 e. The van der Waals surface area contributed by atoms with Gasteiger partial charge in [0.15, 0.2) is 5.65 Å². The fourth-order valence-electron chi connectivity index (χ4n) is 3.74. The van der Waals surface area contributed by atoms with Crippen molar-refractivity contribution in [3.05, 3.63) is 47.7 Å². The van der Waals surface area contributed by atoms with Crippen LogP contribution in [0.15, 0.2) is 36.5 Å². The molecule has 1 saturated heterocycles. The lowest BCUT2D eigenvalue weighted by molar-refractivity contribution is 0.0658. The van der Waals surface area contributed by atoms with Crippen molar-refractivity contribution in [2.45, 2.75) is 39.8 Å². The Labute approximate surface area is 189 Å². The zero-order valence-electron chi connectivity index (χ0n) is 17.8.